The van der Waals surface area contributed by atoms with Crippen LogP contribution in [0, 0.1) is 13.8 Å². The zero-order valence-corrected chi connectivity index (χ0v) is 18.8. The number of β-amino-alcohol motifs (C(OH)–C–C–N with tert-alkyl or cyclic N) is 1. The van der Waals surface area contributed by atoms with Gasteiger partial charge in [-0.25, -0.2) is 4.79 Å². The molecule has 1 aromatic heterocycles. The van der Waals surface area contributed by atoms with Gasteiger partial charge in [0, 0.05) is 42.7 Å². The van der Waals surface area contributed by atoms with Crippen LogP contribution in [-0.4, -0.2) is 65.7 Å². The molecule has 0 bridgehead atoms. The fourth-order valence-corrected chi connectivity index (χ4v) is 4.80. The van der Waals surface area contributed by atoms with Crippen LogP contribution < -0.4 is 10.4 Å². The predicted octanol–water partition coefficient (Wildman–Crippen LogP) is 2.89. The Morgan fingerprint density at radius 1 is 1.19 bits per heavy atom. The zero-order valence-electron chi connectivity index (χ0n) is 18.0. The van der Waals surface area contributed by atoms with Crippen LogP contribution in [0.1, 0.15) is 36.8 Å². The number of rotatable bonds is 4. The molecule has 2 aliphatic rings. The summed E-state index contributed by atoms with van der Waals surface area (Å²) < 4.78 is 11.1. The zero-order chi connectivity index (χ0) is 22.1. The van der Waals surface area contributed by atoms with E-state index in [9.17, 15) is 14.7 Å². The van der Waals surface area contributed by atoms with E-state index in [-0.39, 0.29) is 18.6 Å². The molecule has 2 saturated heterocycles. The highest BCUT2D eigenvalue weighted by molar-refractivity contribution is 6.32. The number of nitrogens with zero attached hydrogens (tertiary/aromatic N) is 2. The summed E-state index contributed by atoms with van der Waals surface area (Å²) in [5.41, 5.74) is 1.37. The van der Waals surface area contributed by atoms with Crippen LogP contribution in [0.3, 0.4) is 0 Å². The van der Waals surface area contributed by atoms with Gasteiger partial charge in [0.25, 0.3) is 5.91 Å². The third kappa shape index (κ3) is 4.73. The van der Waals surface area contributed by atoms with E-state index in [4.69, 9.17) is 20.8 Å². The van der Waals surface area contributed by atoms with Gasteiger partial charge in [-0.3, -0.25) is 9.69 Å². The standard InChI is InChI=1S/C23H29ClN2O5/c1-14-15(2)23(29)31-20-11-21(19(24)10-18(14)20)30-13-22(28)25-8-5-16(6-9-25)26-7-3-4-17(27)12-26/h10-11,16-17,27H,3-9,12-13H2,1-2H3. The Morgan fingerprint density at radius 3 is 2.65 bits per heavy atom. The highest BCUT2D eigenvalue weighted by atomic mass is 35.5. The molecule has 7 nitrogen and oxygen atoms in total. The maximum absolute atomic E-state index is 12.7. The summed E-state index contributed by atoms with van der Waals surface area (Å²) in [6.45, 7) is 6.56. The van der Waals surface area contributed by atoms with E-state index in [1.54, 1.807) is 19.1 Å². The van der Waals surface area contributed by atoms with E-state index in [0.29, 0.717) is 41.0 Å². The first-order chi connectivity index (χ1) is 14.8. The molecule has 2 aliphatic heterocycles. The molecule has 8 heteroatoms. The van der Waals surface area contributed by atoms with Crippen molar-refractivity contribution >= 4 is 28.5 Å². The van der Waals surface area contributed by atoms with Crippen molar-refractivity contribution < 1.29 is 19.1 Å². The number of aliphatic hydroxyl groups is 1. The topological polar surface area (TPSA) is 83.2 Å². The number of aryl methyl sites for hydroxylation is 1. The van der Waals surface area contributed by atoms with Crippen molar-refractivity contribution in [3.63, 3.8) is 0 Å². The number of hydrogen-bond acceptors (Lipinski definition) is 6. The molecule has 168 valence electrons. The predicted molar refractivity (Wildman–Crippen MR) is 119 cm³/mol. The van der Waals surface area contributed by atoms with Gasteiger partial charge in [0.1, 0.15) is 11.3 Å². The number of likely N-dealkylation sites (tertiary alicyclic amines) is 2. The maximum Gasteiger partial charge on any atom is 0.339 e. The fraction of sp³-hybridized carbons (Fsp3) is 0.565. The van der Waals surface area contributed by atoms with E-state index >= 15 is 0 Å². The summed E-state index contributed by atoms with van der Waals surface area (Å²) in [4.78, 5) is 28.8. The highest BCUT2D eigenvalue weighted by Gasteiger charge is 2.29. The number of ether oxygens (including phenoxy) is 1. The van der Waals surface area contributed by atoms with Crippen molar-refractivity contribution in [3.8, 4) is 5.75 Å². The first-order valence-corrected chi connectivity index (χ1v) is 11.3. The Morgan fingerprint density at radius 2 is 1.94 bits per heavy atom. The number of piperidine rings is 2. The largest absolute Gasteiger partial charge is 0.482 e. The first kappa shape index (κ1) is 22.1. The molecule has 0 spiro atoms. The maximum atomic E-state index is 12.7. The Hall–Kier alpha value is -2.09. The molecule has 0 saturated carbocycles. The Bertz CT molecular complexity index is 1030. The average Bonchev–Trinajstić information content (AvgIpc) is 2.77. The summed E-state index contributed by atoms with van der Waals surface area (Å²) in [6, 6.07) is 3.71. The monoisotopic (exact) mass is 448 g/mol. The summed E-state index contributed by atoms with van der Waals surface area (Å²) in [5, 5.41) is 11.0. The van der Waals surface area contributed by atoms with E-state index in [2.05, 4.69) is 4.90 Å². The van der Waals surface area contributed by atoms with Crippen LogP contribution in [0.4, 0.5) is 0 Å². The average molecular weight is 449 g/mol. The van der Waals surface area contributed by atoms with E-state index in [1.165, 1.54) is 0 Å². The third-order valence-electron chi connectivity index (χ3n) is 6.62. The minimum atomic E-state index is -0.390. The Labute approximate surface area is 186 Å². The van der Waals surface area contributed by atoms with Crippen molar-refractivity contribution in [3.05, 3.63) is 38.7 Å². The molecule has 1 amide bonds. The molecular weight excluding hydrogens is 420 g/mol. The molecule has 1 N–H and O–H groups in total. The highest BCUT2D eigenvalue weighted by Crippen LogP contribution is 2.32. The van der Waals surface area contributed by atoms with Gasteiger partial charge >= 0.3 is 5.63 Å². The van der Waals surface area contributed by atoms with Gasteiger partial charge in [0.2, 0.25) is 0 Å². The van der Waals surface area contributed by atoms with Crippen molar-refractivity contribution in [2.75, 3.05) is 32.8 Å². The number of aliphatic hydroxyl groups excluding tert-OH is 1. The molecule has 3 heterocycles. The summed E-state index contributed by atoms with van der Waals surface area (Å²) in [7, 11) is 0. The van der Waals surface area contributed by atoms with E-state index in [1.807, 2.05) is 11.8 Å². The van der Waals surface area contributed by atoms with Gasteiger partial charge in [-0.1, -0.05) is 11.6 Å². The van der Waals surface area contributed by atoms with E-state index < -0.39 is 5.63 Å². The molecule has 0 aliphatic carbocycles. The van der Waals surface area contributed by atoms with Gasteiger partial charge in [-0.15, -0.1) is 0 Å². The van der Waals surface area contributed by atoms with Crippen LogP contribution >= 0.6 is 11.6 Å². The minimum absolute atomic E-state index is 0.0881. The molecule has 4 rings (SSSR count). The van der Waals surface area contributed by atoms with Crippen molar-refractivity contribution in [1.29, 1.82) is 0 Å². The van der Waals surface area contributed by atoms with Crippen molar-refractivity contribution in [2.24, 2.45) is 0 Å². The normalized spacial score (nSPS) is 20.9. The SMILES string of the molecule is Cc1c(C)c2cc(Cl)c(OCC(=O)N3CCC(N4CCCC(O)C4)CC3)cc2oc1=O. The van der Waals surface area contributed by atoms with Crippen molar-refractivity contribution in [2.45, 2.75) is 51.7 Å². The summed E-state index contributed by atoms with van der Waals surface area (Å²) in [5.74, 6) is 0.237. The molecule has 1 aromatic carbocycles. The Kier molecular flexibility index (Phi) is 6.55. The lowest BCUT2D eigenvalue weighted by Crippen LogP contribution is -2.51. The van der Waals surface area contributed by atoms with Gasteiger partial charge in [0.15, 0.2) is 6.61 Å². The number of halogens is 1. The molecule has 1 atom stereocenters. The van der Waals surface area contributed by atoms with Gasteiger partial charge in [-0.2, -0.15) is 0 Å². The second-order valence-corrected chi connectivity index (χ2v) is 9.02. The number of hydrogen-bond donors (Lipinski definition) is 1. The molecular formula is C23H29ClN2O5. The minimum Gasteiger partial charge on any atom is -0.482 e. The van der Waals surface area contributed by atoms with Crippen molar-refractivity contribution in [1.82, 2.24) is 9.80 Å². The van der Waals surface area contributed by atoms with Crippen LogP contribution in [0.25, 0.3) is 11.0 Å². The number of carbonyl (C=O) groups is 1. The van der Waals surface area contributed by atoms with Crippen LogP contribution in [0.15, 0.2) is 21.3 Å². The number of fused-ring (bicyclic) bond motifs is 1. The second kappa shape index (κ2) is 9.18. The van der Waals surface area contributed by atoms with Crippen LogP contribution in [-0.2, 0) is 4.79 Å². The quantitative estimate of drug-likeness (QED) is 0.724. The fourth-order valence-electron chi connectivity index (χ4n) is 4.58. The van der Waals surface area contributed by atoms with E-state index in [0.717, 1.165) is 49.7 Å². The number of amides is 1. The van der Waals surface area contributed by atoms with Gasteiger partial charge in [-0.05, 0) is 57.7 Å². The molecule has 2 aromatic rings. The van der Waals surface area contributed by atoms with Gasteiger partial charge in [0.05, 0.1) is 11.1 Å². The molecule has 31 heavy (non-hydrogen) atoms. The summed E-state index contributed by atoms with van der Waals surface area (Å²) >= 11 is 6.36. The molecule has 2 fully saturated rings. The lowest BCUT2D eigenvalue weighted by atomic mass is 9.99. The second-order valence-electron chi connectivity index (χ2n) is 8.61. The smallest absolute Gasteiger partial charge is 0.339 e. The lowest BCUT2D eigenvalue weighted by Gasteiger charge is -2.41. The van der Waals surface area contributed by atoms with Crippen LogP contribution in [0.5, 0.6) is 5.75 Å². The molecule has 1 unspecified atom stereocenters. The van der Waals surface area contributed by atoms with Gasteiger partial charge < -0.3 is 19.2 Å². The third-order valence-corrected chi connectivity index (χ3v) is 6.92. The Balaban J connectivity index is 1.36. The van der Waals surface area contributed by atoms with Crippen LogP contribution in [0.2, 0.25) is 5.02 Å². The first-order valence-electron chi connectivity index (χ1n) is 10.9. The summed E-state index contributed by atoms with van der Waals surface area (Å²) in [6.07, 6.45) is 3.48. The molecule has 0 radical (unpaired) electrons. The number of benzene rings is 1. The lowest BCUT2D eigenvalue weighted by molar-refractivity contribution is -0.135. The number of carbonyl (C=O) groups excluding carboxylic acids is 1.